The second-order valence-electron chi connectivity index (χ2n) is 6.33. The van der Waals surface area contributed by atoms with E-state index >= 15 is 0 Å². The molecule has 20 heavy (non-hydrogen) atoms. The van der Waals surface area contributed by atoms with Crippen LogP contribution in [0.25, 0.3) is 0 Å². The van der Waals surface area contributed by atoms with Crippen LogP contribution in [0.3, 0.4) is 0 Å². The largest absolute Gasteiger partial charge is 0.370 e. The monoisotopic (exact) mass is 271 g/mol. The van der Waals surface area contributed by atoms with Crippen LogP contribution in [0.1, 0.15) is 70.1 Å². The van der Waals surface area contributed by atoms with Gasteiger partial charge in [-0.1, -0.05) is 37.6 Å². The van der Waals surface area contributed by atoms with Crippen LogP contribution in [0, 0.1) is 11.3 Å². The molecule has 0 radical (unpaired) electrons. The summed E-state index contributed by atoms with van der Waals surface area (Å²) in [7, 11) is 0. The fraction of sp³-hybridized carbons (Fsp3) is 0.611. The lowest BCUT2D eigenvalue weighted by Gasteiger charge is -2.30. The molecule has 1 aromatic rings. The van der Waals surface area contributed by atoms with E-state index in [1.165, 1.54) is 24.8 Å². The summed E-state index contributed by atoms with van der Waals surface area (Å²) < 4.78 is 6.20. The van der Waals surface area contributed by atoms with E-state index in [1.807, 2.05) is 13.8 Å². The first-order valence-corrected chi connectivity index (χ1v) is 7.74. The summed E-state index contributed by atoms with van der Waals surface area (Å²) in [5.41, 5.74) is 1.91. The quantitative estimate of drug-likeness (QED) is 0.780. The molecule has 2 heteroatoms. The Bertz CT molecular complexity index is 467. The third kappa shape index (κ3) is 3.41. The Morgan fingerprint density at radius 2 is 1.95 bits per heavy atom. The van der Waals surface area contributed by atoms with Crippen LogP contribution >= 0.6 is 0 Å². The molecule has 1 aromatic carbocycles. The van der Waals surface area contributed by atoms with Crippen LogP contribution in [0.2, 0.25) is 0 Å². The van der Waals surface area contributed by atoms with Gasteiger partial charge in [-0.05, 0) is 50.7 Å². The lowest BCUT2D eigenvalue weighted by molar-refractivity contribution is -0.0550. The van der Waals surface area contributed by atoms with E-state index in [0.29, 0.717) is 6.10 Å². The first-order chi connectivity index (χ1) is 9.56. The van der Waals surface area contributed by atoms with Crippen molar-refractivity contribution in [1.29, 1.82) is 5.26 Å². The van der Waals surface area contributed by atoms with Crippen molar-refractivity contribution in [1.82, 2.24) is 0 Å². The molecule has 2 unspecified atom stereocenters. The number of benzene rings is 1. The molecular formula is C18H25NO. The minimum absolute atomic E-state index is 0.236. The predicted molar refractivity (Wildman–Crippen MR) is 81.5 cm³/mol. The van der Waals surface area contributed by atoms with Gasteiger partial charge in [0.15, 0.2) is 0 Å². The Balaban J connectivity index is 2.08. The molecule has 1 aliphatic heterocycles. The first kappa shape index (κ1) is 15.1. The van der Waals surface area contributed by atoms with Gasteiger partial charge in [0.1, 0.15) is 0 Å². The number of nitriles is 1. The Morgan fingerprint density at radius 1 is 1.25 bits per heavy atom. The number of hydrogen-bond acceptors (Lipinski definition) is 2. The SMILES string of the molecule is CCCC1CCCC(c2ccc(C(C)(C)C#N)cc2)O1. The standard InChI is InChI=1S/C18H25NO/c1-4-6-16-7-5-8-17(20-16)14-9-11-15(12-10-14)18(2,3)13-19/h9-12,16-17H,4-8H2,1-3H3. The summed E-state index contributed by atoms with van der Waals surface area (Å²) in [6, 6.07) is 10.8. The molecule has 0 N–H and O–H groups in total. The Hall–Kier alpha value is -1.33. The van der Waals surface area contributed by atoms with Crippen LogP contribution in [0.5, 0.6) is 0 Å². The van der Waals surface area contributed by atoms with Crippen molar-refractivity contribution in [2.45, 2.75) is 70.5 Å². The van der Waals surface area contributed by atoms with E-state index in [4.69, 9.17) is 4.74 Å². The molecule has 2 nitrogen and oxygen atoms in total. The Morgan fingerprint density at radius 3 is 2.55 bits per heavy atom. The van der Waals surface area contributed by atoms with Gasteiger partial charge in [0, 0.05) is 0 Å². The Kier molecular flexibility index (Phi) is 4.83. The fourth-order valence-electron chi connectivity index (χ4n) is 2.86. The smallest absolute Gasteiger partial charge is 0.0828 e. The van der Waals surface area contributed by atoms with Crippen molar-refractivity contribution in [2.75, 3.05) is 0 Å². The zero-order valence-electron chi connectivity index (χ0n) is 12.9. The highest BCUT2D eigenvalue weighted by Crippen LogP contribution is 2.33. The summed E-state index contributed by atoms with van der Waals surface area (Å²) >= 11 is 0. The third-order valence-electron chi connectivity index (χ3n) is 4.24. The molecule has 0 bridgehead atoms. The Labute approximate surface area is 122 Å². The van der Waals surface area contributed by atoms with Crippen molar-refractivity contribution in [3.8, 4) is 6.07 Å². The van der Waals surface area contributed by atoms with E-state index in [2.05, 4.69) is 37.3 Å². The molecule has 108 valence electrons. The van der Waals surface area contributed by atoms with Gasteiger partial charge in [0.2, 0.25) is 0 Å². The maximum absolute atomic E-state index is 9.18. The summed E-state index contributed by atoms with van der Waals surface area (Å²) in [5, 5.41) is 9.18. The minimum atomic E-state index is -0.420. The molecule has 1 saturated heterocycles. The van der Waals surface area contributed by atoms with Crippen molar-refractivity contribution in [3.63, 3.8) is 0 Å². The predicted octanol–water partition coefficient (Wildman–Crippen LogP) is 4.90. The van der Waals surface area contributed by atoms with Crippen LogP contribution in [0.15, 0.2) is 24.3 Å². The molecule has 2 atom stereocenters. The molecule has 0 aromatic heterocycles. The molecule has 1 heterocycles. The molecule has 0 spiro atoms. The minimum Gasteiger partial charge on any atom is -0.370 e. The van der Waals surface area contributed by atoms with Gasteiger partial charge in [-0.25, -0.2) is 0 Å². The molecule has 0 amide bonds. The topological polar surface area (TPSA) is 33.0 Å². The molecule has 1 aliphatic rings. The van der Waals surface area contributed by atoms with E-state index in [0.717, 1.165) is 18.4 Å². The van der Waals surface area contributed by atoms with Gasteiger partial charge in [-0.15, -0.1) is 0 Å². The fourth-order valence-corrected chi connectivity index (χ4v) is 2.86. The van der Waals surface area contributed by atoms with Crippen LogP contribution in [-0.4, -0.2) is 6.10 Å². The molecule has 0 aliphatic carbocycles. The molecular weight excluding hydrogens is 246 g/mol. The zero-order chi connectivity index (χ0) is 14.6. The third-order valence-corrected chi connectivity index (χ3v) is 4.24. The van der Waals surface area contributed by atoms with Crippen LogP contribution < -0.4 is 0 Å². The maximum atomic E-state index is 9.18. The zero-order valence-corrected chi connectivity index (χ0v) is 12.9. The number of ether oxygens (including phenoxy) is 1. The van der Waals surface area contributed by atoms with E-state index < -0.39 is 5.41 Å². The van der Waals surface area contributed by atoms with Crippen LogP contribution in [0.4, 0.5) is 0 Å². The van der Waals surface area contributed by atoms with E-state index in [9.17, 15) is 5.26 Å². The van der Waals surface area contributed by atoms with E-state index in [1.54, 1.807) is 0 Å². The van der Waals surface area contributed by atoms with Crippen molar-refractivity contribution < 1.29 is 4.74 Å². The lowest BCUT2D eigenvalue weighted by Crippen LogP contribution is -2.22. The highest BCUT2D eigenvalue weighted by molar-refractivity contribution is 5.33. The first-order valence-electron chi connectivity index (χ1n) is 7.74. The second-order valence-corrected chi connectivity index (χ2v) is 6.33. The normalized spacial score (nSPS) is 23.3. The van der Waals surface area contributed by atoms with Gasteiger partial charge in [-0.3, -0.25) is 0 Å². The van der Waals surface area contributed by atoms with Crippen LogP contribution in [-0.2, 0) is 10.2 Å². The summed E-state index contributed by atoms with van der Waals surface area (Å²) in [4.78, 5) is 0. The van der Waals surface area contributed by atoms with Gasteiger partial charge in [0.05, 0.1) is 23.7 Å². The second kappa shape index (κ2) is 6.41. The average molecular weight is 271 g/mol. The maximum Gasteiger partial charge on any atom is 0.0828 e. The summed E-state index contributed by atoms with van der Waals surface area (Å²) in [5.74, 6) is 0. The number of hydrogen-bond donors (Lipinski definition) is 0. The average Bonchev–Trinajstić information content (AvgIpc) is 2.48. The van der Waals surface area contributed by atoms with Gasteiger partial charge in [0.25, 0.3) is 0 Å². The van der Waals surface area contributed by atoms with Gasteiger partial charge < -0.3 is 4.74 Å². The van der Waals surface area contributed by atoms with Gasteiger partial charge in [-0.2, -0.15) is 5.26 Å². The molecule has 0 saturated carbocycles. The summed E-state index contributed by atoms with van der Waals surface area (Å²) in [6.07, 6.45) is 6.57. The van der Waals surface area contributed by atoms with Crippen molar-refractivity contribution in [2.24, 2.45) is 0 Å². The van der Waals surface area contributed by atoms with Crippen molar-refractivity contribution >= 4 is 0 Å². The lowest BCUT2D eigenvalue weighted by atomic mass is 9.85. The van der Waals surface area contributed by atoms with Crippen molar-refractivity contribution in [3.05, 3.63) is 35.4 Å². The van der Waals surface area contributed by atoms with Gasteiger partial charge >= 0.3 is 0 Å². The van der Waals surface area contributed by atoms with E-state index in [-0.39, 0.29) is 6.10 Å². The molecule has 2 rings (SSSR count). The highest BCUT2D eigenvalue weighted by Gasteiger charge is 2.24. The molecule has 1 fully saturated rings. The number of nitrogens with zero attached hydrogens (tertiary/aromatic N) is 1. The highest BCUT2D eigenvalue weighted by atomic mass is 16.5. The summed E-state index contributed by atoms with van der Waals surface area (Å²) in [6.45, 7) is 6.12. The number of rotatable bonds is 4.